The molecule has 0 saturated carbocycles. The zero-order chi connectivity index (χ0) is 13.7. The van der Waals surface area contributed by atoms with Crippen LogP contribution in [0.5, 0.6) is 5.75 Å². The van der Waals surface area contributed by atoms with Crippen LogP contribution in [0, 0.1) is 13.8 Å². The van der Waals surface area contributed by atoms with Crippen molar-refractivity contribution in [3.05, 3.63) is 29.3 Å². The largest absolute Gasteiger partial charge is 0.492 e. The van der Waals surface area contributed by atoms with Gasteiger partial charge in [-0.3, -0.25) is 4.79 Å². The van der Waals surface area contributed by atoms with Gasteiger partial charge in [-0.1, -0.05) is 6.07 Å². The topological polar surface area (TPSA) is 47.6 Å². The highest BCUT2D eigenvalue weighted by atomic mass is 16.5. The van der Waals surface area contributed by atoms with Gasteiger partial charge in [-0.2, -0.15) is 0 Å². The van der Waals surface area contributed by atoms with Crippen molar-refractivity contribution in [2.45, 2.75) is 32.8 Å². The normalized spacial score (nSPS) is 18.3. The minimum Gasteiger partial charge on any atom is -0.492 e. The fraction of sp³-hybridized carbons (Fsp3) is 0.533. The van der Waals surface area contributed by atoms with Crippen molar-refractivity contribution in [1.82, 2.24) is 5.32 Å². The minimum atomic E-state index is -0.263. The van der Waals surface area contributed by atoms with E-state index in [0.29, 0.717) is 19.8 Å². The first kappa shape index (κ1) is 13.9. The van der Waals surface area contributed by atoms with Crippen LogP contribution in [0.4, 0.5) is 0 Å². The zero-order valence-corrected chi connectivity index (χ0v) is 11.6. The van der Waals surface area contributed by atoms with Gasteiger partial charge in [0.05, 0.1) is 6.54 Å². The van der Waals surface area contributed by atoms with Crippen molar-refractivity contribution in [2.24, 2.45) is 0 Å². The van der Waals surface area contributed by atoms with Crippen molar-refractivity contribution in [3.8, 4) is 5.75 Å². The molecule has 1 aliphatic rings. The van der Waals surface area contributed by atoms with Crippen molar-refractivity contribution in [2.75, 3.05) is 19.8 Å². The highest BCUT2D eigenvalue weighted by Crippen LogP contribution is 2.16. The second-order valence-electron chi connectivity index (χ2n) is 4.96. The predicted molar refractivity (Wildman–Crippen MR) is 73.4 cm³/mol. The molecule has 0 spiro atoms. The summed E-state index contributed by atoms with van der Waals surface area (Å²) in [7, 11) is 0. The lowest BCUT2D eigenvalue weighted by atomic mass is 10.1. The molecule has 0 aliphatic carbocycles. The van der Waals surface area contributed by atoms with Crippen molar-refractivity contribution >= 4 is 5.91 Å². The summed E-state index contributed by atoms with van der Waals surface area (Å²) in [5.41, 5.74) is 2.36. The van der Waals surface area contributed by atoms with Crippen molar-refractivity contribution in [3.63, 3.8) is 0 Å². The first-order chi connectivity index (χ1) is 9.15. The molecule has 1 heterocycles. The van der Waals surface area contributed by atoms with Gasteiger partial charge < -0.3 is 14.8 Å². The summed E-state index contributed by atoms with van der Waals surface area (Å²) in [5.74, 6) is 0.824. The number of aryl methyl sites for hydroxylation is 2. The first-order valence-corrected chi connectivity index (χ1v) is 6.75. The van der Waals surface area contributed by atoms with E-state index >= 15 is 0 Å². The van der Waals surface area contributed by atoms with Gasteiger partial charge in [-0.15, -0.1) is 0 Å². The molecule has 1 aliphatic heterocycles. The minimum absolute atomic E-state index is 0.0264. The maximum Gasteiger partial charge on any atom is 0.249 e. The fourth-order valence-corrected chi connectivity index (χ4v) is 2.26. The molecule has 1 amide bonds. The molecule has 0 aromatic heterocycles. The van der Waals surface area contributed by atoms with Crippen LogP contribution in [0.3, 0.4) is 0 Å². The van der Waals surface area contributed by atoms with Crippen molar-refractivity contribution in [1.29, 1.82) is 0 Å². The molecular formula is C15H21NO3. The Morgan fingerprint density at radius 3 is 2.74 bits per heavy atom. The molecule has 0 radical (unpaired) electrons. The molecule has 1 saturated heterocycles. The molecule has 1 aromatic carbocycles. The third-order valence-electron chi connectivity index (χ3n) is 3.09. The highest BCUT2D eigenvalue weighted by molar-refractivity contribution is 5.80. The summed E-state index contributed by atoms with van der Waals surface area (Å²) < 4.78 is 10.9. The Bertz CT molecular complexity index is 419. The van der Waals surface area contributed by atoms with E-state index in [2.05, 4.69) is 11.4 Å². The van der Waals surface area contributed by atoms with Crippen LogP contribution < -0.4 is 10.1 Å². The lowest BCUT2D eigenvalue weighted by molar-refractivity contribution is -0.130. The van der Waals surface area contributed by atoms with Crippen LogP contribution >= 0.6 is 0 Å². The zero-order valence-electron chi connectivity index (χ0n) is 11.6. The molecule has 19 heavy (non-hydrogen) atoms. The van der Waals surface area contributed by atoms with Crippen LogP contribution in [0.15, 0.2) is 18.2 Å². The van der Waals surface area contributed by atoms with Crippen LogP contribution in [-0.4, -0.2) is 31.8 Å². The summed E-state index contributed by atoms with van der Waals surface area (Å²) in [4.78, 5) is 11.7. The van der Waals surface area contributed by atoms with Gasteiger partial charge in [-0.05, 0) is 49.9 Å². The SMILES string of the molecule is Cc1cc(C)cc(OCCNC(=O)C2CCCO2)c1. The van der Waals surface area contributed by atoms with Gasteiger partial charge in [0.25, 0.3) is 0 Å². The molecule has 1 atom stereocenters. The van der Waals surface area contributed by atoms with Gasteiger partial charge >= 0.3 is 0 Å². The van der Waals surface area contributed by atoms with Gasteiger partial charge in [0.1, 0.15) is 18.5 Å². The molecule has 1 aromatic rings. The number of carbonyl (C=O) groups excluding carboxylic acids is 1. The Kier molecular flexibility index (Phi) is 4.80. The number of benzene rings is 1. The number of rotatable bonds is 5. The molecule has 2 rings (SSSR count). The molecule has 104 valence electrons. The standard InChI is InChI=1S/C15H21NO3/c1-11-8-12(2)10-13(9-11)18-7-5-16-15(17)14-4-3-6-19-14/h8-10,14H,3-7H2,1-2H3,(H,16,17). The monoisotopic (exact) mass is 263 g/mol. The van der Waals surface area contributed by atoms with E-state index in [1.165, 1.54) is 11.1 Å². The summed E-state index contributed by atoms with van der Waals surface area (Å²) >= 11 is 0. The average Bonchev–Trinajstić information content (AvgIpc) is 2.87. The van der Waals surface area contributed by atoms with E-state index in [0.717, 1.165) is 18.6 Å². The number of amides is 1. The molecule has 1 fully saturated rings. The van der Waals surface area contributed by atoms with Gasteiger partial charge in [0.15, 0.2) is 0 Å². The maximum absolute atomic E-state index is 11.7. The van der Waals surface area contributed by atoms with Crippen molar-refractivity contribution < 1.29 is 14.3 Å². The smallest absolute Gasteiger partial charge is 0.249 e. The Labute approximate surface area is 114 Å². The van der Waals surface area contributed by atoms with Gasteiger partial charge in [0.2, 0.25) is 5.91 Å². The molecular weight excluding hydrogens is 242 g/mol. The second-order valence-corrected chi connectivity index (χ2v) is 4.96. The lowest BCUT2D eigenvalue weighted by Crippen LogP contribution is -2.36. The van der Waals surface area contributed by atoms with E-state index in [9.17, 15) is 4.79 Å². The Hall–Kier alpha value is -1.55. The van der Waals surface area contributed by atoms with Gasteiger partial charge in [-0.25, -0.2) is 0 Å². The quantitative estimate of drug-likeness (QED) is 0.826. The third-order valence-corrected chi connectivity index (χ3v) is 3.09. The Morgan fingerprint density at radius 1 is 1.37 bits per heavy atom. The number of ether oxygens (including phenoxy) is 2. The van der Waals surface area contributed by atoms with Gasteiger partial charge in [0, 0.05) is 6.61 Å². The number of hydrogen-bond acceptors (Lipinski definition) is 3. The summed E-state index contributed by atoms with van der Waals surface area (Å²) in [5, 5.41) is 2.84. The lowest BCUT2D eigenvalue weighted by Gasteiger charge is -2.11. The summed E-state index contributed by atoms with van der Waals surface area (Å²) in [6, 6.07) is 6.09. The highest BCUT2D eigenvalue weighted by Gasteiger charge is 2.22. The maximum atomic E-state index is 11.7. The van der Waals surface area contributed by atoms with E-state index in [4.69, 9.17) is 9.47 Å². The summed E-state index contributed by atoms with van der Waals surface area (Å²) in [6.07, 6.45) is 1.53. The van der Waals surface area contributed by atoms with Crippen LogP contribution in [0.1, 0.15) is 24.0 Å². The third kappa shape index (κ3) is 4.24. The average molecular weight is 263 g/mol. The Morgan fingerprint density at radius 2 is 2.11 bits per heavy atom. The number of carbonyl (C=O) groups is 1. The first-order valence-electron chi connectivity index (χ1n) is 6.75. The van der Waals surface area contributed by atoms with Crippen LogP contribution in [0.25, 0.3) is 0 Å². The molecule has 1 unspecified atom stereocenters. The Balaban J connectivity index is 1.70. The predicted octanol–water partition coefficient (Wildman–Crippen LogP) is 1.98. The fourth-order valence-electron chi connectivity index (χ4n) is 2.26. The molecule has 1 N–H and O–H groups in total. The molecule has 4 heteroatoms. The van der Waals surface area contributed by atoms with E-state index < -0.39 is 0 Å². The second kappa shape index (κ2) is 6.57. The number of hydrogen-bond donors (Lipinski definition) is 1. The van der Waals surface area contributed by atoms with E-state index in [1.54, 1.807) is 0 Å². The van der Waals surface area contributed by atoms with Crippen LogP contribution in [-0.2, 0) is 9.53 Å². The van der Waals surface area contributed by atoms with Crippen LogP contribution in [0.2, 0.25) is 0 Å². The summed E-state index contributed by atoms with van der Waals surface area (Å²) in [6.45, 7) is 5.75. The van der Waals surface area contributed by atoms with E-state index in [1.807, 2.05) is 26.0 Å². The molecule has 0 bridgehead atoms. The molecule has 4 nitrogen and oxygen atoms in total. The number of nitrogens with one attached hydrogen (secondary N) is 1. The van der Waals surface area contributed by atoms with E-state index in [-0.39, 0.29) is 12.0 Å².